The molecule has 2 heterocycles. The number of carbonyl (C=O) groups excluding carboxylic acids is 2. The van der Waals surface area contributed by atoms with E-state index in [1.54, 1.807) is 30.1 Å². The Bertz CT molecular complexity index is 803. The lowest BCUT2D eigenvalue weighted by atomic mass is 10.1. The number of pyridine rings is 1. The van der Waals surface area contributed by atoms with Crippen LogP contribution in [0.15, 0.2) is 29.4 Å². The van der Waals surface area contributed by atoms with Crippen molar-refractivity contribution >= 4 is 34.9 Å². The second kappa shape index (κ2) is 11.3. The van der Waals surface area contributed by atoms with Gasteiger partial charge in [-0.3, -0.25) is 4.79 Å². The number of nitrogens with zero attached hydrogens (tertiary/aromatic N) is 2. The van der Waals surface area contributed by atoms with Gasteiger partial charge in [0, 0.05) is 6.20 Å². The highest BCUT2D eigenvalue weighted by atomic mass is 32.2. The molecule has 0 atom stereocenters. The smallest absolute Gasteiger partial charge is 0.348 e. The van der Waals surface area contributed by atoms with Crippen LogP contribution in [0, 0.1) is 6.92 Å². The summed E-state index contributed by atoms with van der Waals surface area (Å²) in [5.74, 6) is 0.442. The van der Waals surface area contributed by atoms with Gasteiger partial charge in [0.2, 0.25) is 5.78 Å². The molecule has 2 aromatic rings. The Morgan fingerprint density at radius 1 is 1.21 bits per heavy atom. The molecule has 0 aliphatic heterocycles. The molecule has 0 aliphatic rings. The Kier molecular flexibility index (Phi) is 9.15. The van der Waals surface area contributed by atoms with Crippen molar-refractivity contribution in [3.05, 3.63) is 45.3 Å². The predicted molar refractivity (Wildman–Crippen MR) is 116 cm³/mol. The van der Waals surface area contributed by atoms with E-state index in [9.17, 15) is 9.59 Å². The number of hydrogen-bond acceptors (Lipinski definition) is 7. The lowest BCUT2D eigenvalue weighted by molar-refractivity contribution is 0.0606. The van der Waals surface area contributed by atoms with Crippen LogP contribution >= 0.6 is 23.1 Å². The van der Waals surface area contributed by atoms with E-state index in [1.165, 1.54) is 37.7 Å². The summed E-state index contributed by atoms with van der Waals surface area (Å²) in [6, 6.07) is 5.30. The number of ether oxygens (including phenoxy) is 1. The largest absolute Gasteiger partial charge is 0.465 e. The Balaban J connectivity index is 1.99. The van der Waals surface area contributed by atoms with E-state index in [-0.39, 0.29) is 5.78 Å². The molecule has 0 aliphatic carbocycles. The quantitative estimate of drug-likeness (QED) is 0.228. The maximum atomic E-state index is 13.1. The van der Waals surface area contributed by atoms with Gasteiger partial charge in [-0.2, -0.15) is 0 Å². The number of ketones is 1. The van der Waals surface area contributed by atoms with Crippen LogP contribution in [-0.2, 0) is 4.74 Å². The average Bonchev–Trinajstić information content (AvgIpc) is 3.07. The number of rotatable bonds is 11. The monoisotopic (exact) mass is 420 g/mol. The summed E-state index contributed by atoms with van der Waals surface area (Å²) in [6.07, 6.45) is 6.44. The molecule has 0 unspecified atom stereocenters. The Morgan fingerprint density at radius 2 is 1.96 bits per heavy atom. The number of thiophene rings is 1. The first-order valence-electron chi connectivity index (χ1n) is 9.40. The van der Waals surface area contributed by atoms with Crippen LogP contribution in [-0.4, -0.2) is 55.1 Å². The molecule has 152 valence electrons. The Hall–Kier alpha value is -1.70. The number of carbonyl (C=O) groups is 2. The molecule has 7 heteroatoms. The molecule has 0 saturated heterocycles. The topological polar surface area (TPSA) is 59.5 Å². The SMILES string of the molecule is COC(=O)c1cc(C)c(C(=O)c2cccnc2SCCCCCCN(C)C)s1. The first-order valence-corrected chi connectivity index (χ1v) is 11.2. The first kappa shape index (κ1) is 22.6. The lowest BCUT2D eigenvalue weighted by Gasteiger charge is -2.09. The molecule has 2 rings (SSSR count). The molecule has 0 bridgehead atoms. The highest BCUT2D eigenvalue weighted by molar-refractivity contribution is 7.99. The van der Waals surface area contributed by atoms with Crippen molar-refractivity contribution in [1.82, 2.24) is 9.88 Å². The van der Waals surface area contributed by atoms with Gasteiger partial charge in [0.15, 0.2) is 0 Å². The fraction of sp³-hybridized carbons (Fsp3) is 0.476. The van der Waals surface area contributed by atoms with Gasteiger partial charge >= 0.3 is 5.97 Å². The van der Waals surface area contributed by atoms with E-state index in [1.807, 2.05) is 13.0 Å². The normalized spacial score (nSPS) is 11.0. The summed E-state index contributed by atoms with van der Waals surface area (Å²) in [5, 5.41) is 0.758. The summed E-state index contributed by atoms with van der Waals surface area (Å²) in [6.45, 7) is 2.97. The number of esters is 1. The molecular weight excluding hydrogens is 392 g/mol. The van der Waals surface area contributed by atoms with Crippen molar-refractivity contribution in [3.63, 3.8) is 0 Å². The van der Waals surface area contributed by atoms with Gasteiger partial charge in [0.25, 0.3) is 0 Å². The average molecular weight is 421 g/mol. The fourth-order valence-corrected chi connectivity index (χ4v) is 4.80. The number of aryl methyl sites for hydroxylation is 1. The van der Waals surface area contributed by atoms with Gasteiger partial charge in [-0.05, 0) is 69.9 Å². The van der Waals surface area contributed by atoms with Crippen molar-refractivity contribution in [2.45, 2.75) is 37.6 Å². The van der Waals surface area contributed by atoms with Crippen LogP contribution in [0.1, 0.15) is 56.2 Å². The zero-order valence-corrected chi connectivity index (χ0v) is 18.6. The van der Waals surface area contributed by atoms with Crippen molar-refractivity contribution in [2.75, 3.05) is 33.5 Å². The maximum absolute atomic E-state index is 13.1. The summed E-state index contributed by atoms with van der Waals surface area (Å²) in [4.78, 5) is 32.4. The second-order valence-electron chi connectivity index (χ2n) is 6.87. The molecule has 0 aromatic carbocycles. The third-order valence-electron chi connectivity index (χ3n) is 4.26. The summed E-state index contributed by atoms with van der Waals surface area (Å²) in [5.41, 5.74) is 1.39. The molecule has 28 heavy (non-hydrogen) atoms. The van der Waals surface area contributed by atoms with Gasteiger partial charge in [0.1, 0.15) is 9.90 Å². The number of aromatic nitrogens is 1. The number of hydrogen-bond donors (Lipinski definition) is 0. The van der Waals surface area contributed by atoms with Gasteiger partial charge in [-0.25, -0.2) is 9.78 Å². The van der Waals surface area contributed by atoms with E-state index in [4.69, 9.17) is 4.74 Å². The van der Waals surface area contributed by atoms with Gasteiger partial charge < -0.3 is 9.64 Å². The Morgan fingerprint density at radius 3 is 2.68 bits per heavy atom. The number of thioether (sulfide) groups is 1. The third kappa shape index (κ3) is 6.43. The van der Waals surface area contributed by atoms with E-state index in [0.717, 1.165) is 29.3 Å². The molecule has 0 N–H and O–H groups in total. The third-order valence-corrected chi connectivity index (χ3v) is 6.57. The Labute approximate surface area is 175 Å². The summed E-state index contributed by atoms with van der Waals surface area (Å²) < 4.78 is 4.76. The van der Waals surface area contributed by atoms with Crippen LogP contribution in [0.2, 0.25) is 0 Å². The molecule has 0 amide bonds. The molecule has 2 aromatic heterocycles. The fourth-order valence-electron chi connectivity index (χ4n) is 2.76. The maximum Gasteiger partial charge on any atom is 0.348 e. The van der Waals surface area contributed by atoms with E-state index < -0.39 is 5.97 Å². The van der Waals surface area contributed by atoms with E-state index in [2.05, 4.69) is 24.0 Å². The molecule has 0 fully saturated rings. The number of methoxy groups -OCH3 is 1. The van der Waals surface area contributed by atoms with Crippen molar-refractivity contribution in [3.8, 4) is 0 Å². The van der Waals surface area contributed by atoms with Crippen molar-refractivity contribution in [2.24, 2.45) is 0 Å². The van der Waals surface area contributed by atoms with Crippen LogP contribution < -0.4 is 0 Å². The minimum atomic E-state index is -0.415. The van der Waals surface area contributed by atoms with E-state index in [0.29, 0.717) is 15.3 Å². The molecular formula is C21H28N2O3S2. The zero-order valence-electron chi connectivity index (χ0n) is 17.0. The minimum Gasteiger partial charge on any atom is -0.465 e. The summed E-state index contributed by atoms with van der Waals surface area (Å²) >= 11 is 2.81. The summed E-state index contributed by atoms with van der Waals surface area (Å²) in [7, 11) is 5.53. The van der Waals surface area contributed by atoms with Crippen LogP contribution in [0.4, 0.5) is 0 Å². The van der Waals surface area contributed by atoms with Crippen LogP contribution in [0.25, 0.3) is 0 Å². The van der Waals surface area contributed by atoms with E-state index >= 15 is 0 Å². The zero-order chi connectivity index (χ0) is 20.5. The van der Waals surface area contributed by atoms with Gasteiger partial charge in [-0.1, -0.05) is 12.8 Å². The molecule has 5 nitrogen and oxygen atoms in total. The van der Waals surface area contributed by atoms with Crippen molar-refractivity contribution < 1.29 is 14.3 Å². The van der Waals surface area contributed by atoms with Gasteiger partial charge in [0.05, 0.1) is 17.6 Å². The van der Waals surface area contributed by atoms with Crippen molar-refractivity contribution in [1.29, 1.82) is 0 Å². The predicted octanol–water partition coefficient (Wildman–Crippen LogP) is 4.68. The minimum absolute atomic E-state index is 0.0840. The second-order valence-corrected chi connectivity index (χ2v) is 9.00. The van der Waals surface area contributed by atoms with Crippen LogP contribution in [0.5, 0.6) is 0 Å². The lowest BCUT2D eigenvalue weighted by Crippen LogP contribution is -2.12. The molecule has 0 radical (unpaired) electrons. The highest BCUT2D eigenvalue weighted by Gasteiger charge is 2.21. The van der Waals surface area contributed by atoms with Crippen LogP contribution in [0.3, 0.4) is 0 Å². The first-order chi connectivity index (χ1) is 13.4. The standard InChI is InChI=1S/C21H28N2O3S2/c1-15-14-17(21(25)26-4)28-19(15)18(24)16-10-9-11-22-20(16)27-13-8-6-5-7-12-23(2)3/h9-11,14H,5-8,12-13H2,1-4H3. The van der Waals surface area contributed by atoms with Gasteiger partial charge in [-0.15, -0.1) is 23.1 Å². The highest BCUT2D eigenvalue weighted by Crippen LogP contribution is 2.29. The number of unbranched alkanes of at least 4 members (excludes halogenated alkanes) is 3. The molecule has 0 saturated carbocycles. The molecule has 0 spiro atoms.